The van der Waals surface area contributed by atoms with Gasteiger partial charge in [0.2, 0.25) is 15.9 Å². The predicted molar refractivity (Wildman–Crippen MR) is 114 cm³/mol. The Kier molecular flexibility index (Phi) is 6.87. The van der Waals surface area contributed by atoms with Gasteiger partial charge in [-0.3, -0.25) is 19.4 Å². The minimum absolute atomic E-state index is 0.0947. The van der Waals surface area contributed by atoms with Gasteiger partial charge in [0.1, 0.15) is 0 Å². The fourth-order valence-corrected chi connectivity index (χ4v) is 4.31. The van der Waals surface area contributed by atoms with Gasteiger partial charge in [-0.05, 0) is 36.1 Å². The van der Waals surface area contributed by atoms with Gasteiger partial charge in [-0.15, -0.1) is 0 Å². The van der Waals surface area contributed by atoms with E-state index in [4.69, 9.17) is 0 Å². The molecule has 0 radical (unpaired) electrons. The molecule has 1 amide bonds. The third-order valence-corrected chi connectivity index (χ3v) is 5.70. The van der Waals surface area contributed by atoms with E-state index in [-0.39, 0.29) is 18.4 Å². The predicted octanol–water partition coefficient (Wildman–Crippen LogP) is 2.02. The highest BCUT2D eigenvalue weighted by molar-refractivity contribution is 7.92. The van der Waals surface area contributed by atoms with Crippen LogP contribution in [0.3, 0.4) is 0 Å². The number of nitrogens with zero attached hydrogens (tertiary/aromatic N) is 2. The summed E-state index contributed by atoms with van der Waals surface area (Å²) >= 11 is 0. The van der Waals surface area contributed by atoms with Gasteiger partial charge in [-0.2, -0.15) is 0 Å². The number of piperidine rings is 1. The van der Waals surface area contributed by atoms with Crippen LogP contribution >= 0.6 is 0 Å². The molecule has 2 unspecified atom stereocenters. The normalized spacial score (nSPS) is 20.2. The maximum atomic E-state index is 12.6. The van der Waals surface area contributed by atoms with Crippen molar-refractivity contribution in [2.75, 3.05) is 24.1 Å². The second kappa shape index (κ2) is 9.37. The molecular formula is C21H28N4O3S. The van der Waals surface area contributed by atoms with Gasteiger partial charge in [0.25, 0.3) is 0 Å². The zero-order valence-corrected chi connectivity index (χ0v) is 17.7. The molecule has 1 aromatic heterocycles. The molecule has 2 atom stereocenters. The first-order chi connectivity index (χ1) is 13.8. The molecule has 2 heterocycles. The highest BCUT2D eigenvalue weighted by atomic mass is 32.2. The molecule has 1 aromatic carbocycles. The third-order valence-electron chi connectivity index (χ3n) is 5.11. The highest BCUT2D eigenvalue weighted by Crippen LogP contribution is 2.20. The summed E-state index contributed by atoms with van der Waals surface area (Å²) in [5.41, 5.74) is 2.16. The minimum Gasteiger partial charge on any atom is -0.353 e. The van der Waals surface area contributed by atoms with E-state index >= 15 is 0 Å². The van der Waals surface area contributed by atoms with Gasteiger partial charge >= 0.3 is 0 Å². The number of aromatic nitrogens is 1. The Bertz CT molecular complexity index is 934. The van der Waals surface area contributed by atoms with Crippen LogP contribution in [-0.4, -0.2) is 49.6 Å². The SMILES string of the molecule is CC1CN(Cc2ccccn2)CCC1NC(=O)Cc1ccccc1NS(C)(=O)=O. The Morgan fingerprint density at radius 3 is 2.66 bits per heavy atom. The van der Waals surface area contributed by atoms with Crippen molar-refractivity contribution in [2.24, 2.45) is 5.92 Å². The van der Waals surface area contributed by atoms with Gasteiger partial charge in [0.15, 0.2) is 0 Å². The molecule has 156 valence electrons. The lowest BCUT2D eigenvalue weighted by molar-refractivity contribution is -0.121. The Labute approximate surface area is 172 Å². The average Bonchev–Trinajstić information content (AvgIpc) is 2.65. The number of carbonyl (C=O) groups excluding carboxylic acids is 1. The molecule has 1 aliphatic rings. The second-order valence-corrected chi connectivity index (χ2v) is 9.45. The Hall–Kier alpha value is -2.45. The number of nitrogens with one attached hydrogen (secondary N) is 2. The van der Waals surface area contributed by atoms with Gasteiger partial charge in [0, 0.05) is 31.9 Å². The topological polar surface area (TPSA) is 91.4 Å². The number of para-hydroxylation sites is 1. The van der Waals surface area contributed by atoms with Crippen LogP contribution in [-0.2, 0) is 27.8 Å². The molecule has 1 aliphatic heterocycles. The van der Waals surface area contributed by atoms with E-state index in [0.29, 0.717) is 17.2 Å². The molecule has 0 aliphatic carbocycles. The Morgan fingerprint density at radius 1 is 1.21 bits per heavy atom. The summed E-state index contributed by atoms with van der Waals surface area (Å²) in [5, 5.41) is 3.13. The van der Waals surface area contributed by atoms with E-state index in [2.05, 4.69) is 26.8 Å². The largest absolute Gasteiger partial charge is 0.353 e. The lowest BCUT2D eigenvalue weighted by atomic mass is 9.93. The van der Waals surface area contributed by atoms with E-state index in [1.165, 1.54) is 0 Å². The summed E-state index contributed by atoms with van der Waals surface area (Å²) < 4.78 is 25.6. The first kappa shape index (κ1) is 21.3. The standard InChI is InChI=1S/C21H28N4O3S/c1-16-14-25(15-18-8-5-6-11-22-18)12-10-19(16)23-21(26)13-17-7-3-4-9-20(17)24-29(2,27)28/h3-9,11,16,19,24H,10,12-15H2,1-2H3,(H,23,26). The van der Waals surface area contributed by atoms with Crippen LogP contribution < -0.4 is 10.0 Å². The molecule has 0 spiro atoms. The molecule has 29 heavy (non-hydrogen) atoms. The monoisotopic (exact) mass is 416 g/mol. The summed E-state index contributed by atoms with van der Waals surface area (Å²) in [4.78, 5) is 19.4. The quantitative estimate of drug-likeness (QED) is 0.721. The van der Waals surface area contributed by atoms with Crippen LogP contribution in [0.25, 0.3) is 0 Å². The number of anilines is 1. The summed E-state index contributed by atoms with van der Waals surface area (Å²) in [6.45, 7) is 4.76. The molecule has 2 aromatic rings. The molecule has 1 fully saturated rings. The second-order valence-electron chi connectivity index (χ2n) is 7.70. The van der Waals surface area contributed by atoms with Crippen molar-refractivity contribution in [3.05, 3.63) is 59.9 Å². The van der Waals surface area contributed by atoms with Gasteiger partial charge in [0.05, 0.1) is 24.1 Å². The number of rotatable bonds is 7. The molecule has 0 saturated carbocycles. The number of benzene rings is 1. The molecule has 0 bridgehead atoms. The van der Waals surface area contributed by atoms with Gasteiger partial charge in [-0.1, -0.05) is 31.2 Å². The fraction of sp³-hybridized carbons (Fsp3) is 0.429. The summed E-state index contributed by atoms with van der Waals surface area (Å²) in [5.74, 6) is 0.226. The number of hydrogen-bond acceptors (Lipinski definition) is 5. The van der Waals surface area contributed by atoms with Crippen molar-refractivity contribution < 1.29 is 13.2 Å². The minimum atomic E-state index is -3.40. The molecule has 7 nitrogen and oxygen atoms in total. The maximum absolute atomic E-state index is 12.6. The van der Waals surface area contributed by atoms with Crippen molar-refractivity contribution in [3.8, 4) is 0 Å². The van der Waals surface area contributed by atoms with Gasteiger partial charge in [-0.25, -0.2) is 8.42 Å². The van der Waals surface area contributed by atoms with E-state index in [1.807, 2.05) is 24.4 Å². The lowest BCUT2D eigenvalue weighted by Crippen LogP contribution is -2.50. The zero-order chi connectivity index (χ0) is 20.9. The Morgan fingerprint density at radius 2 is 1.97 bits per heavy atom. The van der Waals surface area contributed by atoms with Gasteiger partial charge < -0.3 is 5.32 Å². The van der Waals surface area contributed by atoms with Crippen molar-refractivity contribution in [1.82, 2.24) is 15.2 Å². The third kappa shape index (κ3) is 6.54. The van der Waals surface area contributed by atoms with Crippen LogP contribution in [0, 0.1) is 5.92 Å². The molecule has 8 heteroatoms. The van der Waals surface area contributed by atoms with Crippen LogP contribution in [0.1, 0.15) is 24.6 Å². The van der Waals surface area contributed by atoms with Crippen LogP contribution in [0.5, 0.6) is 0 Å². The lowest BCUT2D eigenvalue weighted by Gasteiger charge is -2.37. The van der Waals surface area contributed by atoms with Crippen molar-refractivity contribution in [3.63, 3.8) is 0 Å². The van der Waals surface area contributed by atoms with Crippen LogP contribution in [0.2, 0.25) is 0 Å². The number of carbonyl (C=O) groups is 1. The molecule has 3 rings (SSSR count). The number of amides is 1. The summed E-state index contributed by atoms with van der Waals surface area (Å²) in [6.07, 6.45) is 3.93. The number of sulfonamides is 1. The first-order valence-corrected chi connectivity index (χ1v) is 11.7. The summed E-state index contributed by atoms with van der Waals surface area (Å²) in [6, 6.07) is 13.0. The Balaban J connectivity index is 1.54. The first-order valence-electron chi connectivity index (χ1n) is 9.77. The molecular weight excluding hydrogens is 388 g/mol. The zero-order valence-electron chi connectivity index (χ0n) is 16.8. The number of hydrogen-bond donors (Lipinski definition) is 2. The van der Waals surface area contributed by atoms with Crippen LogP contribution in [0.15, 0.2) is 48.7 Å². The van der Waals surface area contributed by atoms with E-state index < -0.39 is 10.0 Å². The van der Waals surface area contributed by atoms with E-state index in [1.54, 1.807) is 24.3 Å². The highest BCUT2D eigenvalue weighted by Gasteiger charge is 2.27. The van der Waals surface area contributed by atoms with Crippen molar-refractivity contribution >= 4 is 21.6 Å². The molecule has 1 saturated heterocycles. The van der Waals surface area contributed by atoms with E-state index in [0.717, 1.165) is 38.0 Å². The van der Waals surface area contributed by atoms with E-state index in [9.17, 15) is 13.2 Å². The fourth-order valence-electron chi connectivity index (χ4n) is 3.72. The maximum Gasteiger partial charge on any atom is 0.229 e. The summed E-state index contributed by atoms with van der Waals surface area (Å²) in [7, 11) is -3.40. The molecule has 2 N–H and O–H groups in total. The average molecular weight is 417 g/mol. The van der Waals surface area contributed by atoms with Crippen molar-refractivity contribution in [2.45, 2.75) is 32.4 Å². The number of likely N-dealkylation sites (tertiary alicyclic amines) is 1. The van der Waals surface area contributed by atoms with Crippen LogP contribution in [0.4, 0.5) is 5.69 Å². The number of pyridine rings is 1. The van der Waals surface area contributed by atoms with Crippen molar-refractivity contribution in [1.29, 1.82) is 0 Å². The smallest absolute Gasteiger partial charge is 0.229 e.